The minimum atomic E-state index is -1.19. The molecule has 0 spiro atoms. The Bertz CT molecular complexity index is 715. The number of hydrogen-bond donors (Lipinski definition) is 2. The fourth-order valence-electron chi connectivity index (χ4n) is 1.71. The van der Waals surface area contributed by atoms with Crippen LogP contribution in [0.1, 0.15) is 10.5 Å². The Hall–Kier alpha value is -2.22. The highest BCUT2D eigenvalue weighted by molar-refractivity contribution is 9.10. The van der Waals surface area contributed by atoms with Crippen LogP contribution in [-0.2, 0) is 11.3 Å². The lowest BCUT2D eigenvalue weighted by molar-refractivity contribution is -0.116. The Kier molecular flexibility index (Phi) is 4.37. The maximum Gasteiger partial charge on any atom is 0.352 e. The summed E-state index contributed by atoms with van der Waals surface area (Å²) in [5.41, 5.74) is -0.391. The molecule has 2 N–H and O–H groups in total. The number of nitrogens with zero attached hydrogens (tertiary/aromatic N) is 1. The highest BCUT2D eigenvalue weighted by Gasteiger charge is 2.14. The van der Waals surface area contributed by atoms with E-state index in [1.807, 2.05) is 0 Å². The highest BCUT2D eigenvalue weighted by Crippen LogP contribution is 2.23. The first-order valence-corrected chi connectivity index (χ1v) is 6.50. The van der Waals surface area contributed by atoms with Gasteiger partial charge in [-0.15, -0.1) is 0 Å². The van der Waals surface area contributed by atoms with Crippen molar-refractivity contribution in [3.8, 4) is 0 Å². The fourth-order valence-corrected chi connectivity index (χ4v) is 2.02. The van der Waals surface area contributed by atoms with Crippen LogP contribution in [0.2, 0.25) is 0 Å². The molecule has 1 heterocycles. The topological polar surface area (TPSA) is 71.3 Å². The Morgan fingerprint density at radius 3 is 2.67 bits per heavy atom. The van der Waals surface area contributed by atoms with Crippen molar-refractivity contribution in [3.63, 3.8) is 0 Å². The van der Waals surface area contributed by atoms with Gasteiger partial charge in [0.05, 0.1) is 10.2 Å². The van der Waals surface area contributed by atoms with Crippen LogP contribution in [0.4, 0.5) is 14.5 Å². The summed E-state index contributed by atoms with van der Waals surface area (Å²) >= 11 is 2.82. The molecule has 2 aromatic rings. The van der Waals surface area contributed by atoms with Crippen LogP contribution in [0.5, 0.6) is 0 Å². The molecule has 21 heavy (non-hydrogen) atoms. The number of carbonyl (C=O) groups is 2. The average molecular weight is 359 g/mol. The second-order valence-corrected chi connectivity index (χ2v) is 4.98. The summed E-state index contributed by atoms with van der Waals surface area (Å²) in [6.07, 6.45) is 1.40. The molecule has 2 rings (SSSR count). The second-order valence-electron chi connectivity index (χ2n) is 4.12. The van der Waals surface area contributed by atoms with Crippen LogP contribution in [0.15, 0.2) is 34.9 Å². The molecule has 0 bridgehead atoms. The molecule has 1 amide bonds. The Labute approximate surface area is 126 Å². The third-order valence-corrected chi connectivity index (χ3v) is 3.25. The van der Waals surface area contributed by atoms with E-state index in [9.17, 15) is 18.4 Å². The van der Waals surface area contributed by atoms with Gasteiger partial charge in [-0.1, -0.05) is 0 Å². The van der Waals surface area contributed by atoms with Crippen LogP contribution in [0.25, 0.3) is 0 Å². The van der Waals surface area contributed by atoms with Crippen LogP contribution >= 0.6 is 15.9 Å². The number of nitrogens with one attached hydrogen (secondary N) is 1. The molecule has 0 radical (unpaired) electrons. The van der Waals surface area contributed by atoms with E-state index in [1.54, 1.807) is 0 Å². The number of carbonyl (C=O) groups excluding carboxylic acids is 1. The van der Waals surface area contributed by atoms with Crippen LogP contribution < -0.4 is 5.32 Å². The smallest absolute Gasteiger partial charge is 0.352 e. The van der Waals surface area contributed by atoms with E-state index >= 15 is 0 Å². The molecule has 110 valence electrons. The van der Waals surface area contributed by atoms with E-state index in [2.05, 4.69) is 21.2 Å². The number of carboxylic acids is 1. The maximum atomic E-state index is 13.6. The minimum absolute atomic E-state index is 0.0587. The number of anilines is 1. The predicted molar refractivity (Wildman–Crippen MR) is 74.1 cm³/mol. The monoisotopic (exact) mass is 358 g/mol. The summed E-state index contributed by atoms with van der Waals surface area (Å²) in [7, 11) is 0. The Morgan fingerprint density at radius 2 is 2.00 bits per heavy atom. The molecule has 8 heteroatoms. The average Bonchev–Trinajstić information content (AvgIpc) is 2.84. The van der Waals surface area contributed by atoms with Gasteiger partial charge in [-0.2, -0.15) is 0 Å². The molecule has 1 aromatic heterocycles. The van der Waals surface area contributed by atoms with E-state index in [-0.39, 0.29) is 22.4 Å². The van der Waals surface area contributed by atoms with Crippen molar-refractivity contribution >= 4 is 33.5 Å². The number of aromatic nitrogens is 1. The van der Waals surface area contributed by atoms with E-state index in [1.165, 1.54) is 22.9 Å². The summed E-state index contributed by atoms with van der Waals surface area (Å²) in [5, 5.41) is 11.1. The Morgan fingerprint density at radius 1 is 1.29 bits per heavy atom. The number of aromatic carboxylic acids is 1. The molecule has 0 fully saturated rings. The molecule has 0 aliphatic carbocycles. The molecule has 0 saturated heterocycles. The SMILES string of the molecule is O=C(Cn1cccc1C(=O)O)Nc1cc(F)c(Br)cc1F. The van der Waals surface area contributed by atoms with Gasteiger partial charge >= 0.3 is 5.97 Å². The van der Waals surface area contributed by atoms with Gasteiger partial charge in [0, 0.05) is 12.3 Å². The third-order valence-electron chi connectivity index (χ3n) is 2.65. The van der Waals surface area contributed by atoms with Crippen LogP contribution in [0.3, 0.4) is 0 Å². The van der Waals surface area contributed by atoms with Gasteiger partial charge in [0.15, 0.2) is 0 Å². The maximum absolute atomic E-state index is 13.6. The van der Waals surface area contributed by atoms with Gasteiger partial charge < -0.3 is 15.0 Å². The molecule has 0 saturated carbocycles. The first-order valence-electron chi connectivity index (χ1n) is 5.71. The van der Waals surface area contributed by atoms with Gasteiger partial charge in [0.1, 0.15) is 23.9 Å². The third kappa shape index (κ3) is 3.46. The number of carboxylic acid groups (broad SMARTS) is 1. The number of amides is 1. The lowest BCUT2D eigenvalue weighted by Crippen LogP contribution is -2.21. The number of benzene rings is 1. The zero-order valence-corrected chi connectivity index (χ0v) is 12.0. The lowest BCUT2D eigenvalue weighted by atomic mass is 10.3. The molecule has 5 nitrogen and oxygen atoms in total. The van der Waals surface area contributed by atoms with Gasteiger partial charge in [0.25, 0.3) is 0 Å². The zero-order chi connectivity index (χ0) is 15.6. The van der Waals surface area contributed by atoms with Gasteiger partial charge in [-0.3, -0.25) is 4.79 Å². The van der Waals surface area contributed by atoms with Crippen LogP contribution in [-0.4, -0.2) is 21.6 Å². The van der Waals surface area contributed by atoms with Gasteiger partial charge in [-0.25, -0.2) is 13.6 Å². The fraction of sp³-hybridized carbons (Fsp3) is 0.0769. The number of hydrogen-bond acceptors (Lipinski definition) is 2. The van der Waals surface area contributed by atoms with Crippen LogP contribution in [0, 0.1) is 11.6 Å². The van der Waals surface area contributed by atoms with Crippen molar-refractivity contribution in [1.82, 2.24) is 4.57 Å². The van der Waals surface area contributed by atoms with Crippen molar-refractivity contribution in [3.05, 3.63) is 52.3 Å². The molecule has 0 unspecified atom stereocenters. The first kappa shape index (κ1) is 15.2. The predicted octanol–water partition coefficient (Wildman–Crippen LogP) is 2.87. The number of rotatable bonds is 4. The van der Waals surface area contributed by atoms with E-state index in [0.717, 1.165) is 12.1 Å². The van der Waals surface area contributed by atoms with Crippen molar-refractivity contribution in [2.24, 2.45) is 0 Å². The largest absolute Gasteiger partial charge is 0.477 e. The van der Waals surface area contributed by atoms with Crippen molar-refractivity contribution in [1.29, 1.82) is 0 Å². The Balaban J connectivity index is 2.14. The molecule has 1 aromatic carbocycles. The van der Waals surface area contributed by atoms with Gasteiger partial charge in [-0.05, 0) is 34.1 Å². The van der Waals surface area contributed by atoms with Crippen molar-refractivity contribution < 1.29 is 23.5 Å². The van der Waals surface area contributed by atoms with Gasteiger partial charge in [0.2, 0.25) is 5.91 Å². The molecule has 0 aliphatic rings. The summed E-state index contributed by atoms with van der Waals surface area (Å²) in [4.78, 5) is 22.7. The highest BCUT2D eigenvalue weighted by atomic mass is 79.9. The minimum Gasteiger partial charge on any atom is -0.477 e. The lowest BCUT2D eigenvalue weighted by Gasteiger charge is -2.09. The van der Waals surface area contributed by atoms with Crippen molar-refractivity contribution in [2.75, 3.05) is 5.32 Å². The molecule has 0 aliphatic heterocycles. The van der Waals surface area contributed by atoms with E-state index < -0.39 is 23.5 Å². The second kappa shape index (κ2) is 6.04. The van der Waals surface area contributed by atoms with E-state index in [0.29, 0.717) is 0 Å². The quantitative estimate of drug-likeness (QED) is 0.825. The zero-order valence-electron chi connectivity index (χ0n) is 10.4. The van der Waals surface area contributed by atoms with E-state index in [4.69, 9.17) is 5.11 Å². The first-order chi connectivity index (χ1) is 9.88. The normalized spacial score (nSPS) is 10.4. The molecular formula is C13H9BrF2N2O3. The molecule has 0 atom stereocenters. The summed E-state index contributed by atoms with van der Waals surface area (Å²) in [5.74, 6) is -3.38. The molecular weight excluding hydrogens is 350 g/mol. The summed E-state index contributed by atoms with van der Waals surface area (Å²) in [6.45, 7) is -0.328. The van der Waals surface area contributed by atoms with Crippen molar-refractivity contribution in [2.45, 2.75) is 6.54 Å². The standard InChI is InChI=1S/C13H9BrF2N2O3/c14-7-4-9(16)10(5-8(7)15)17-12(19)6-18-3-1-2-11(18)13(20)21/h1-5H,6H2,(H,17,19)(H,20,21). The number of halogens is 3. The summed E-state index contributed by atoms with van der Waals surface area (Å²) in [6, 6.07) is 4.53. The summed E-state index contributed by atoms with van der Waals surface area (Å²) < 4.78 is 28.0.